The molecule has 4 nitrogen and oxygen atoms in total. The number of carbonyl (C=O) groups is 1. The summed E-state index contributed by atoms with van der Waals surface area (Å²) >= 11 is 1.35. The summed E-state index contributed by atoms with van der Waals surface area (Å²) in [7, 11) is 0. The standard InChI is InChI=1S/C10H12O2.C8H10N2S/c11-10(12)8-4-7-9-5-2-1-3-6-9;9-8(10)11-6-7-4-2-1-3-5-7/h1-3,5-6H,4,7-8H2,(H,11,12);1-5H,6H2,(H3,9,10). The number of amidine groups is 1. The van der Waals surface area contributed by atoms with E-state index in [0.717, 1.165) is 18.6 Å². The fourth-order valence-corrected chi connectivity index (χ4v) is 2.34. The molecule has 0 amide bonds. The van der Waals surface area contributed by atoms with Crippen LogP contribution in [-0.4, -0.2) is 16.2 Å². The largest absolute Gasteiger partial charge is 0.481 e. The second-order valence-electron chi connectivity index (χ2n) is 4.87. The molecule has 2 aromatic carbocycles. The van der Waals surface area contributed by atoms with E-state index >= 15 is 0 Å². The molecule has 0 radical (unpaired) electrons. The summed E-state index contributed by atoms with van der Waals surface area (Å²) in [5.41, 5.74) is 7.60. The van der Waals surface area contributed by atoms with Gasteiger partial charge in [0.1, 0.15) is 0 Å². The molecule has 0 saturated carbocycles. The predicted molar refractivity (Wildman–Crippen MR) is 96.7 cm³/mol. The van der Waals surface area contributed by atoms with Crippen LogP contribution in [0.4, 0.5) is 0 Å². The van der Waals surface area contributed by atoms with Gasteiger partial charge in [0, 0.05) is 12.2 Å². The fraction of sp³-hybridized carbons (Fsp3) is 0.222. The number of thioether (sulfide) groups is 1. The van der Waals surface area contributed by atoms with E-state index in [1.54, 1.807) is 0 Å². The monoisotopic (exact) mass is 330 g/mol. The minimum Gasteiger partial charge on any atom is -0.481 e. The fourth-order valence-electron chi connectivity index (χ4n) is 1.82. The second kappa shape index (κ2) is 11.3. The van der Waals surface area contributed by atoms with Gasteiger partial charge in [-0.2, -0.15) is 0 Å². The van der Waals surface area contributed by atoms with Crippen LogP contribution in [0.5, 0.6) is 0 Å². The molecule has 0 heterocycles. The molecule has 122 valence electrons. The lowest BCUT2D eigenvalue weighted by molar-refractivity contribution is -0.137. The first kappa shape index (κ1) is 18.8. The van der Waals surface area contributed by atoms with Crippen LogP contribution in [0.15, 0.2) is 60.7 Å². The highest BCUT2D eigenvalue weighted by atomic mass is 32.2. The van der Waals surface area contributed by atoms with Crippen LogP contribution in [0, 0.1) is 5.41 Å². The first-order valence-corrected chi connectivity index (χ1v) is 8.33. The number of carboxylic acid groups (broad SMARTS) is 1. The number of hydrogen-bond donors (Lipinski definition) is 3. The van der Waals surface area contributed by atoms with Gasteiger partial charge in [-0.1, -0.05) is 72.4 Å². The maximum atomic E-state index is 10.2. The molecule has 0 atom stereocenters. The summed E-state index contributed by atoms with van der Waals surface area (Å²) in [6.45, 7) is 0. The minimum absolute atomic E-state index is 0.175. The van der Waals surface area contributed by atoms with E-state index in [4.69, 9.17) is 16.2 Å². The van der Waals surface area contributed by atoms with Crippen molar-refractivity contribution >= 4 is 22.9 Å². The highest BCUT2D eigenvalue weighted by molar-refractivity contribution is 8.13. The molecule has 2 rings (SSSR count). The number of nitrogens with one attached hydrogen (secondary N) is 1. The molecule has 0 aliphatic carbocycles. The van der Waals surface area contributed by atoms with Crippen molar-refractivity contribution in [3.05, 3.63) is 71.8 Å². The maximum absolute atomic E-state index is 10.2. The van der Waals surface area contributed by atoms with Crippen molar-refractivity contribution in [2.75, 3.05) is 0 Å². The number of aryl methyl sites for hydroxylation is 1. The van der Waals surface area contributed by atoms with Crippen LogP contribution in [0.2, 0.25) is 0 Å². The minimum atomic E-state index is -0.717. The molecule has 0 aromatic heterocycles. The molecular weight excluding hydrogens is 308 g/mol. The Morgan fingerprint density at radius 1 is 1.00 bits per heavy atom. The average molecular weight is 330 g/mol. The van der Waals surface area contributed by atoms with E-state index in [9.17, 15) is 4.79 Å². The summed E-state index contributed by atoms with van der Waals surface area (Å²) in [5.74, 6) is 0.0711. The Labute approximate surface area is 141 Å². The van der Waals surface area contributed by atoms with Gasteiger partial charge in [-0.3, -0.25) is 10.2 Å². The van der Waals surface area contributed by atoms with Crippen LogP contribution < -0.4 is 5.73 Å². The molecular formula is C18H22N2O2S. The van der Waals surface area contributed by atoms with E-state index in [1.807, 2.05) is 60.7 Å². The third-order valence-electron chi connectivity index (χ3n) is 2.94. The number of hydrogen-bond acceptors (Lipinski definition) is 3. The molecule has 4 N–H and O–H groups in total. The smallest absolute Gasteiger partial charge is 0.303 e. The highest BCUT2D eigenvalue weighted by Gasteiger charge is 1.96. The number of benzene rings is 2. The first-order valence-electron chi connectivity index (χ1n) is 7.34. The third kappa shape index (κ3) is 10.1. The van der Waals surface area contributed by atoms with Gasteiger partial charge in [0.2, 0.25) is 0 Å². The lowest BCUT2D eigenvalue weighted by Gasteiger charge is -1.97. The number of rotatable bonds is 6. The molecule has 2 aromatic rings. The van der Waals surface area contributed by atoms with Crippen molar-refractivity contribution in [1.29, 1.82) is 5.41 Å². The summed E-state index contributed by atoms with van der Waals surface area (Å²) in [6, 6.07) is 19.9. The Morgan fingerprint density at radius 2 is 1.52 bits per heavy atom. The van der Waals surface area contributed by atoms with Gasteiger partial charge in [-0.05, 0) is 24.0 Å². The lowest BCUT2D eigenvalue weighted by Crippen LogP contribution is -2.03. The molecule has 0 spiro atoms. The summed E-state index contributed by atoms with van der Waals surface area (Å²) in [5, 5.41) is 15.6. The van der Waals surface area contributed by atoms with Crippen molar-refractivity contribution in [2.45, 2.75) is 25.0 Å². The Hall–Kier alpha value is -2.27. The lowest BCUT2D eigenvalue weighted by atomic mass is 10.1. The van der Waals surface area contributed by atoms with Crippen LogP contribution >= 0.6 is 11.8 Å². The van der Waals surface area contributed by atoms with Crippen molar-refractivity contribution in [1.82, 2.24) is 0 Å². The quantitative estimate of drug-likeness (QED) is 0.553. The van der Waals surface area contributed by atoms with E-state index < -0.39 is 5.97 Å². The highest BCUT2D eigenvalue weighted by Crippen LogP contribution is 2.09. The third-order valence-corrected chi connectivity index (χ3v) is 3.72. The zero-order valence-electron chi connectivity index (χ0n) is 12.9. The average Bonchev–Trinajstić information content (AvgIpc) is 2.55. The Bertz CT molecular complexity index is 588. The summed E-state index contributed by atoms with van der Waals surface area (Å²) in [4.78, 5) is 10.2. The van der Waals surface area contributed by atoms with Crippen LogP contribution in [0.25, 0.3) is 0 Å². The first-order chi connectivity index (χ1) is 11.1. The van der Waals surface area contributed by atoms with Crippen molar-refractivity contribution in [3.63, 3.8) is 0 Å². The van der Waals surface area contributed by atoms with Crippen LogP contribution in [-0.2, 0) is 17.0 Å². The zero-order valence-corrected chi connectivity index (χ0v) is 13.8. The second-order valence-corrected chi connectivity index (χ2v) is 5.89. The van der Waals surface area contributed by atoms with Gasteiger partial charge in [0.05, 0.1) is 0 Å². The zero-order chi connectivity index (χ0) is 16.9. The van der Waals surface area contributed by atoms with Crippen LogP contribution in [0.3, 0.4) is 0 Å². The number of carboxylic acids is 1. The SMILES string of the molecule is N=C(N)SCc1ccccc1.O=C(O)CCCc1ccccc1. The number of nitrogens with two attached hydrogens (primary N) is 1. The van der Waals surface area contributed by atoms with Gasteiger partial charge in [-0.25, -0.2) is 0 Å². The maximum Gasteiger partial charge on any atom is 0.303 e. The normalized spacial score (nSPS) is 9.57. The molecule has 5 heteroatoms. The van der Waals surface area contributed by atoms with Gasteiger partial charge in [0.25, 0.3) is 0 Å². The van der Waals surface area contributed by atoms with E-state index in [-0.39, 0.29) is 11.6 Å². The topological polar surface area (TPSA) is 87.2 Å². The van der Waals surface area contributed by atoms with Crippen molar-refractivity contribution in [3.8, 4) is 0 Å². The molecule has 0 bridgehead atoms. The van der Waals surface area contributed by atoms with Gasteiger partial charge < -0.3 is 10.8 Å². The van der Waals surface area contributed by atoms with Gasteiger partial charge in [0.15, 0.2) is 5.17 Å². The Morgan fingerprint density at radius 3 is 2.00 bits per heavy atom. The Kier molecular flexibility index (Phi) is 9.24. The molecule has 0 unspecified atom stereocenters. The molecule has 0 fully saturated rings. The molecule has 0 aliphatic heterocycles. The van der Waals surface area contributed by atoms with Crippen molar-refractivity contribution in [2.24, 2.45) is 5.73 Å². The van der Waals surface area contributed by atoms with E-state index in [0.29, 0.717) is 0 Å². The van der Waals surface area contributed by atoms with Crippen LogP contribution in [0.1, 0.15) is 24.0 Å². The Balaban J connectivity index is 0.000000231. The van der Waals surface area contributed by atoms with Gasteiger partial charge >= 0.3 is 5.97 Å². The summed E-state index contributed by atoms with van der Waals surface area (Å²) < 4.78 is 0. The predicted octanol–water partition coefficient (Wildman–Crippen LogP) is 3.91. The number of aliphatic carboxylic acids is 1. The van der Waals surface area contributed by atoms with Crippen molar-refractivity contribution < 1.29 is 9.90 Å². The van der Waals surface area contributed by atoms with Gasteiger partial charge in [-0.15, -0.1) is 0 Å². The molecule has 23 heavy (non-hydrogen) atoms. The van der Waals surface area contributed by atoms with E-state index in [1.165, 1.54) is 22.9 Å². The molecule has 0 saturated heterocycles. The summed E-state index contributed by atoms with van der Waals surface area (Å²) in [6.07, 6.45) is 1.83. The van der Waals surface area contributed by atoms with E-state index in [2.05, 4.69) is 0 Å². The molecule has 0 aliphatic rings.